The van der Waals surface area contributed by atoms with Crippen LogP contribution in [-0.2, 0) is 6.54 Å². The smallest absolute Gasteiger partial charge is 0.0992 e. The van der Waals surface area contributed by atoms with Crippen molar-refractivity contribution in [2.24, 2.45) is 0 Å². The first-order chi connectivity index (χ1) is 8.86. The second-order valence-corrected chi connectivity index (χ2v) is 4.31. The normalized spacial score (nSPS) is 10.4. The topological polar surface area (TPSA) is 28.7 Å². The van der Waals surface area contributed by atoms with Gasteiger partial charge in [0.15, 0.2) is 0 Å². The molecule has 3 rings (SSSR count). The molecule has 0 radical (unpaired) electrons. The Bertz CT molecular complexity index is 718. The van der Waals surface area contributed by atoms with Gasteiger partial charge in [0.2, 0.25) is 0 Å². The van der Waals surface area contributed by atoms with E-state index in [1.807, 2.05) is 36.4 Å². The van der Waals surface area contributed by atoms with Crippen LogP contribution in [0.2, 0.25) is 0 Å². The van der Waals surface area contributed by atoms with Crippen LogP contribution in [0, 0.1) is 11.3 Å². The summed E-state index contributed by atoms with van der Waals surface area (Å²) in [5.41, 5.74) is 3.07. The molecule has 0 aliphatic carbocycles. The first-order valence-electron chi connectivity index (χ1n) is 5.90. The predicted octanol–water partition coefficient (Wildman–Crippen LogP) is 3.56. The van der Waals surface area contributed by atoms with E-state index in [4.69, 9.17) is 5.26 Å². The van der Waals surface area contributed by atoms with E-state index in [-0.39, 0.29) is 0 Å². The van der Waals surface area contributed by atoms with Crippen molar-refractivity contribution in [3.8, 4) is 6.07 Å². The van der Waals surface area contributed by atoms with E-state index < -0.39 is 0 Å². The van der Waals surface area contributed by atoms with E-state index in [2.05, 4.69) is 35.0 Å². The van der Waals surface area contributed by atoms with Crippen LogP contribution in [0.1, 0.15) is 11.1 Å². The Morgan fingerprint density at radius 3 is 2.61 bits per heavy atom. The summed E-state index contributed by atoms with van der Waals surface area (Å²) in [6.07, 6.45) is 2.07. The van der Waals surface area contributed by atoms with Crippen molar-refractivity contribution in [3.63, 3.8) is 0 Å². The van der Waals surface area contributed by atoms with Gasteiger partial charge in [-0.25, -0.2) is 0 Å². The number of aromatic nitrogens is 1. The molecule has 18 heavy (non-hydrogen) atoms. The molecule has 86 valence electrons. The molecule has 0 aliphatic heterocycles. The summed E-state index contributed by atoms with van der Waals surface area (Å²) in [7, 11) is 0. The summed E-state index contributed by atoms with van der Waals surface area (Å²) in [5.74, 6) is 0. The van der Waals surface area contributed by atoms with Gasteiger partial charge in [0.25, 0.3) is 0 Å². The van der Waals surface area contributed by atoms with Gasteiger partial charge in [0.1, 0.15) is 0 Å². The monoisotopic (exact) mass is 232 g/mol. The van der Waals surface area contributed by atoms with Gasteiger partial charge in [-0.05, 0) is 29.1 Å². The van der Waals surface area contributed by atoms with Gasteiger partial charge in [-0.1, -0.05) is 36.4 Å². The zero-order valence-corrected chi connectivity index (χ0v) is 9.88. The Hall–Kier alpha value is -2.53. The van der Waals surface area contributed by atoms with Crippen LogP contribution >= 0.6 is 0 Å². The molecule has 2 aromatic carbocycles. The Morgan fingerprint density at radius 1 is 1.00 bits per heavy atom. The van der Waals surface area contributed by atoms with Crippen LogP contribution in [0.5, 0.6) is 0 Å². The van der Waals surface area contributed by atoms with Crippen LogP contribution in [-0.4, -0.2) is 4.57 Å². The fourth-order valence-electron chi connectivity index (χ4n) is 2.17. The molecule has 0 amide bonds. The van der Waals surface area contributed by atoms with Gasteiger partial charge in [-0.3, -0.25) is 0 Å². The third-order valence-corrected chi connectivity index (χ3v) is 3.10. The average molecular weight is 232 g/mol. The van der Waals surface area contributed by atoms with Crippen LogP contribution in [0.25, 0.3) is 10.9 Å². The summed E-state index contributed by atoms with van der Waals surface area (Å²) < 4.78 is 2.17. The predicted molar refractivity (Wildman–Crippen MR) is 72.2 cm³/mol. The van der Waals surface area contributed by atoms with E-state index in [1.165, 1.54) is 10.9 Å². The molecule has 0 N–H and O–H groups in total. The molecular formula is C16H12N2. The Kier molecular flexibility index (Phi) is 2.59. The maximum atomic E-state index is 8.96. The minimum atomic E-state index is 0.704. The number of nitriles is 1. The first kappa shape index (κ1) is 10.6. The molecule has 1 aromatic heterocycles. The Morgan fingerprint density at radius 2 is 1.83 bits per heavy atom. The molecule has 0 fully saturated rings. The van der Waals surface area contributed by atoms with Gasteiger partial charge < -0.3 is 4.57 Å². The Labute approximate surface area is 106 Å². The summed E-state index contributed by atoms with van der Waals surface area (Å²) >= 11 is 0. The van der Waals surface area contributed by atoms with Crippen molar-refractivity contribution >= 4 is 10.9 Å². The van der Waals surface area contributed by atoms with Gasteiger partial charge in [-0.15, -0.1) is 0 Å². The molecule has 2 nitrogen and oxygen atoms in total. The quantitative estimate of drug-likeness (QED) is 0.664. The maximum absolute atomic E-state index is 8.96. The number of benzene rings is 2. The van der Waals surface area contributed by atoms with E-state index in [1.54, 1.807) is 0 Å². The lowest BCUT2D eigenvalue weighted by Gasteiger charge is -2.05. The lowest BCUT2D eigenvalue weighted by molar-refractivity contribution is 0.837. The van der Waals surface area contributed by atoms with Gasteiger partial charge in [-0.2, -0.15) is 5.26 Å². The Balaban J connectivity index is 2.05. The van der Waals surface area contributed by atoms with Crippen LogP contribution in [0.4, 0.5) is 0 Å². The van der Waals surface area contributed by atoms with Crippen molar-refractivity contribution in [2.45, 2.75) is 6.54 Å². The van der Waals surface area contributed by atoms with Crippen molar-refractivity contribution < 1.29 is 0 Å². The molecule has 1 heterocycles. The molecule has 3 aromatic rings. The number of hydrogen-bond acceptors (Lipinski definition) is 1. The molecule has 0 spiro atoms. The largest absolute Gasteiger partial charge is 0.343 e. The molecule has 2 heteroatoms. The molecule has 0 saturated carbocycles. The van der Waals surface area contributed by atoms with Gasteiger partial charge in [0, 0.05) is 18.3 Å². The number of fused-ring (bicyclic) bond motifs is 1. The highest BCUT2D eigenvalue weighted by Crippen LogP contribution is 2.18. The highest BCUT2D eigenvalue weighted by atomic mass is 14.9. The summed E-state index contributed by atoms with van der Waals surface area (Å²) in [6.45, 7) is 0.833. The molecule has 0 atom stereocenters. The summed E-state index contributed by atoms with van der Waals surface area (Å²) in [6, 6.07) is 20.4. The van der Waals surface area contributed by atoms with Crippen LogP contribution in [0.3, 0.4) is 0 Å². The van der Waals surface area contributed by atoms with E-state index in [0.29, 0.717) is 5.56 Å². The molecule has 0 saturated heterocycles. The van der Waals surface area contributed by atoms with Crippen molar-refractivity contribution in [1.82, 2.24) is 4.57 Å². The maximum Gasteiger partial charge on any atom is 0.0992 e. The molecular weight excluding hydrogens is 220 g/mol. The zero-order valence-electron chi connectivity index (χ0n) is 9.88. The lowest BCUT2D eigenvalue weighted by Crippen LogP contribution is -1.97. The number of hydrogen-bond donors (Lipinski definition) is 0. The third kappa shape index (κ3) is 1.87. The van der Waals surface area contributed by atoms with E-state index in [9.17, 15) is 0 Å². The minimum absolute atomic E-state index is 0.704. The molecule has 0 aliphatic rings. The van der Waals surface area contributed by atoms with Crippen molar-refractivity contribution in [2.75, 3.05) is 0 Å². The second kappa shape index (κ2) is 4.38. The highest BCUT2D eigenvalue weighted by molar-refractivity contribution is 5.81. The van der Waals surface area contributed by atoms with Gasteiger partial charge >= 0.3 is 0 Å². The highest BCUT2D eigenvalue weighted by Gasteiger charge is 2.02. The van der Waals surface area contributed by atoms with Gasteiger partial charge in [0.05, 0.1) is 11.6 Å². The summed E-state index contributed by atoms with van der Waals surface area (Å²) in [4.78, 5) is 0. The number of nitrogens with zero attached hydrogens (tertiary/aromatic N) is 2. The molecule has 0 unspecified atom stereocenters. The first-order valence-corrected chi connectivity index (χ1v) is 5.90. The van der Waals surface area contributed by atoms with E-state index >= 15 is 0 Å². The standard InChI is InChI=1S/C16H12N2/c17-11-14-6-7-15-8-9-18(16(15)10-14)12-13-4-2-1-3-5-13/h1-10H,12H2. The average Bonchev–Trinajstić information content (AvgIpc) is 2.82. The van der Waals surface area contributed by atoms with Crippen molar-refractivity contribution in [1.29, 1.82) is 5.26 Å². The van der Waals surface area contributed by atoms with Crippen LogP contribution < -0.4 is 0 Å². The third-order valence-electron chi connectivity index (χ3n) is 3.10. The lowest BCUT2D eigenvalue weighted by atomic mass is 10.2. The van der Waals surface area contributed by atoms with Crippen molar-refractivity contribution in [3.05, 3.63) is 71.9 Å². The minimum Gasteiger partial charge on any atom is -0.343 e. The fraction of sp³-hybridized carbons (Fsp3) is 0.0625. The zero-order chi connectivity index (χ0) is 12.4. The van der Waals surface area contributed by atoms with Crippen LogP contribution in [0.15, 0.2) is 60.8 Å². The SMILES string of the molecule is N#Cc1ccc2ccn(Cc3ccccc3)c2c1. The number of rotatable bonds is 2. The fourth-order valence-corrected chi connectivity index (χ4v) is 2.17. The second-order valence-electron chi connectivity index (χ2n) is 4.31. The summed E-state index contributed by atoms with van der Waals surface area (Å²) in [5, 5.41) is 10.1. The van der Waals surface area contributed by atoms with E-state index in [0.717, 1.165) is 12.1 Å². The molecule has 0 bridgehead atoms.